The van der Waals surface area contributed by atoms with Crippen molar-refractivity contribution >= 4 is 61.4 Å². The second kappa shape index (κ2) is 11.8. The molecule has 0 fully saturated rings. The van der Waals surface area contributed by atoms with E-state index in [4.69, 9.17) is 0 Å². The number of halogens is 1. The Labute approximate surface area is 204 Å². The summed E-state index contributed by atoms with van der Waals surface area (Å²) in [4.78, 5) is 5.09. The number of aliphatic hydroxyl groups is 1. The van der Waals surface area contributed by atoms with E-state index in [2.05, 4.69) is 20.3 Å². The second-order valence-electron chi connectivity index (χ2n) is 6.79. The summed E-state index contributed by atoms with van der Waals surface area (Å²) in [5.74, 6) is 0.495. The van der Waals surface area contributed by atoms with Crippen molar-refractivity contribution in [2.75, 3.05) is 20.6 Å². The molecular formula is C21H27IN4O3S2. The van der Waals surface area contributed by atoms with E-state index in [9.17, 15) is 13.5 Å². The van der Waals surface area contributed by atoms with E-state index in [-0.39, 0.29) is 29.7 Å². The van der Waals surface area contributed by atoms with Crippen LogP contribution in [0.25, 0.3) is 10.1 Å². The van der Waals surface area contributed by atoms with Gasteiger partial charge in [0.1, 0.15) is 6.10 Å². The number of hydrogen-bond donors (Lipinski definition) is 4. The Hall–Kier alpha value is -1.73. The van der Waals surface area contributed by atoms with E-state index in [0.29, 0.717) is 24.6 Å². The third-order valence-corrected chi connectivity index (χ3v) is 7.13. The number of aliphatic hydroxyl groups excluding tert-OH is 1. The molecule has 3 rings (SSSR count). The molecule has 0 aliphatic heterocycles. The standard InChI is InChI=1S/C21H26N4O3S2.HI/c1-22-21(24-12-15-6-5-7-16(10-15)14-30(27,28)23-2)25-13-18(26)20-11-17-8-3-4-9-19(17)29-20;/h3-11,18,23,26H,12-14H2,1-2H3,(H2,22,24,25);1H. The number of thiophene rings is 1. The minimum absolute atomic E-state index is 0. The maximum atomic E-state index is 11.7. The molecule has 0 aliphatic carbocycles. The zero-order chi connectivity index (χ0) is 21.6. The number of sulfonamides is 1. The summed E-state index contributed by atoms with van der Waals surface area (Å²) < 4.78 is 26.9. The van der Waals surface area contributed by atoms with Gasteiger partial charge in [-0.3, -0.25) is 4.99 Å². The summed E-state index contributed by atoms with van der Waals surface area (Å²) >= 11 is 1.58. The van der Waals surface area contributed by atoms with Crippen LogP contribution in [0.1, 0.15) is 22.1 Å². The summed E-state index contributed by atoms with van der Waals surface area (Å²) in [5, 5.41) is 18.0. The second-order valence-corrected chi connectivity index (χ2v) is 9.83. The topological polar surface area (TPSA) is 103 Å². The van der Waals surface area contributed by atoms with Crippen LogP contribution in [0.4, 0.5) is 0 Å². The van der Waals surface area contributed by atoms with E-state index < -0.39 is 16.1 Å². The molecule has 0 radical (unpaired) electrons. The normalized spacial score (nSPS) is 12.9. The number of aliphatic imine (C=N–C) groups is 1. The van der Waals surface area contributed by atoms with E-state index in [1.807, 2.05) is 48.5 Å². The zero-order valence-electron chi connectivity index (χ0n) is 17.3. The highest BCUT2D eigenvalue weighted by atomic mass is 127. The van der Waals surface area contributed by atoms with Gasteiger partial charge in [-0.05, 0) is 35.7 Å². The molecule has 0 bridgehead atoms. The first kappa shape index (κ1) is 25.5. The van der Waals surface area contributed by atoms with Crippen LogP contribution in [-0.2, 0) is 22.3 Å². The fourth-order valence-electron chi connectivity index (χ4n) is 2.99. The van der Waals surface area contributed by atoms with E-state index in [1.165, 1.54) is 7.05 Å². The third-order valence-electron chi connectivity index (χ3n) is 4.58. The largest absolute Gasteiger partial charge is 0.386 e. The summed E-state index contributed by atoms with van der Waals surface area (Å²) in [6, 6.07) is 17.4. The average Bonchev–Trinajstić information content (AvgIpc) is 3.18. The van der Waals surface area contributed by atoms with Crippen LogP contribution in [0, 0.1) is 0 Å². The third kappa shape index (κ3) is 7.42. The Bertz CT molecular complexity index is 1100. The maximum Gasteiger partial charge on any atom is 0.215 e. The summed E-state index contributed by atoms with van der Waals surface area (Å²) in [7, 11) is -0.243. The highest BCUT2D eigenvalue weighted by Crippen LogP contribution is 2.29. The number of benzene rings is 2. The number of nitrogens with one attached hydrogen (secondary N) is 3. The summed E-state index contributed by atoms with van der Waals surface area (Å²) in [5.41, 5.74) is 1.65. The van der Waals surface area contributed by atoms with E-state index in [0.717, 1.165) is 20.5 Å². The Morgan fingerprint density at radius 1 is 1.10 bits per heavy atom. The SMILES string of the molecule is CN=C(NCc1cccc(CS(=O)(=O)NC)c1)NCC(O)c1cc2ccccc2s1.I. The Balaban J connectivity index is 0.00000341. The Morgan fingerprint density at radius 3 is 2.55 bits per heavy atom. The number of fused-ring (bicyclic) bond motifs is 1. The average molecular weight is 575 g/mol. The molecule has 1 aromatic heterocycles. The molecule has 0 saturated heterocycles. The lowest BCUT2D eigenvalue weighted by Gasteiger charge is -2.15. The van der Waals surface area contributed by atoms with Crippen molar-refractivity contribution < 1.29 is 13.5 Å². The van der Waals surface area contributed by atoms with Crippen molar-refractivity contribution in [2.45, 2.75) is 18.4 Å². The maximum absolute atomic E-state index is 11.7. The monoisotopic (exact) mass is 574 g/mol. The van der Waals surface area contributed by atoms with Crippen molar-refractivity contribution in [3.05, 3.63) is 70.6 Å². The van der Waals surface area contributed by atoms with Crippen LogP contribution in [-0.4, -0.2) is 40.1 Å². The quantitative estimate of drug-likeness (QED) is 0.188. The summed E-state index contributed by atoms with van der Waals surface area (Å²) in [6.45, 7) is 0.805. The molecular weight excluding hydrogens is 547 g/mol. The molecule has 10 heteroatoms. The molecule has 4 N–H and O–H groups in total. The van der Waals surface area contributed by atoms with Gasteiger partial charge in [0.15, 0.2) is 5.96 Å². The highest BCUT2D eigenvalue weighted by Gasteiger charge is 2.12. The Kier molecular flexibility index (Phi) is 9.69. The van der Waals surface area contributed by atoms with Crippen molar-refractivity contribution in [1.82, 2.24) is 15.4 Å². The van der Waals surface area contributed by atoms with Crippen LogP contribution < -0.4 is 15.4 Å². The zero-order valence-corrected chi connectivity index (χ0v) is 21.3. The highest BCUT2D eigenvalue weighted by molar-refractivity contribution is 14.0. The Morgan fingerprint density at radius 2 is 1.84 bits per heavy atom. The fourth-order valence-corrected chi connectivity index (χ4v) is 4.80. The predicted molar refractivity (Wildman–Crippen MR) is 139 cm³/mol. The number of guanidine groups is 1. The van der Waals surface area contributed by atoms with Crippen molar-refractivity contribution in [1.29, 1.82) is 0 Å². The van der Waals surface area contributed by atoms with Gasteiger partial charge in [-0.1, -0.05) is 42.5 Å². The van der Waals surface area contributed by atoms with Crippen molar-refractivity contribution in [3.63, 3.8) is 0 Å². The number of nitrogens with zero attached hydrogens (tertiary/aromatic N) is 1. The first-order valence-corrected chi connectivity index (χ1v) is 12.0. The molecule has 0 aliphatic rings. The molecule has 1 atom stereocenters. The van der Waals surface area contributed by atoms with Gasteiger partial charge in [0.25, 0.3) is 0 Å². The van der Waals surface area contributed by atoms with Gasteiger partial charge in [-0.25, -0.2) is 13.1 Å². The lowest BCUT2D eigenvalue weighted by Crippen LogP contribution is -2.38. The number of hydrogen-bond acceptors (Lipinski definition) is 5. The lowest BCUT2D eigenvalue weighted by atomic mass is 10.1. The van der Waals surface area contributed by atoms with Gasteiger partial charge in [0, 0.05) is 29.7 Å². The van der Waals surface area contributed by atoms with Crippen LogP contribution in [0.3, 0.4) is 0 Å². The smallest absolute Gasteiger partial charge is 0.215 e. The molecule has 1 unspecified atom stereocenters. The molecule has 0 spiro atoms. The predicted octanol–water partition coefficient (Wildman–Crippen LogP) is 2.97. The molecule has 0 saturated carbocycles. The van der Waals surface area contributed by atoms with Crippen molar-refractivity contribution in [2.24, 2.45) is 4.99 Å². The minimum Gasteiger partial charge on any atom is -0.386 e. The van der Waals surface area contributed by atoms with Crippen molar-refractivity contribution in [3.8, 4) is 0 Å². The fraction of sp³-hybridized carbons (Fsp3) is 0.286. The van der Waals surface area contributed by atoms with Gasteiger partial charge in [0.2, 0.25) is 10.0 Å². The molecule has 1 heterocycles. The molecule has 0 amide bonds. The first-order chi connectivity index (χ1) is 14.4. The lowest BCUT2D eigenvalue weighted by molar-refractivity contribution is 0.184. The molecule has 7 nitrogen and oxygen atoms in total. The van der Waals surface area contributed by atoms with E-state index >= 15 is 0 Å². The molecule has 168 valence electrons. The summed E-state index contributed by atoms with van der Waals surface area (Å²) in [6.07, 6.45) is -0.643. The number of rotatable bonds is 8. The first-order valence-electron chi connectivity index (χ1n) is 9.50. The molecule has 31 heavy (non-hydrogen) atoms. The molecule has 3 aromatic rings. The van der Waals surface area contributed by atoms with Gasteiger partial charge in [-0.15, -0.1) is 35.3 Å². The van der Waals surface area contributed by atoms with Gasteiger partial charge in [0.05, 0.1) is 5.75 Å². The van der Waals surface area contributed by atoms with Crippen LogP contribution >= 0.6 is 35.3 Å². The van der Waals surface area contributed by atoms with Gasteiger partial charge in [-0.2, -0.15) is 0 Å². The van der Waals surface area contributed by atoms with Crippen LogP contribution in [0.15, 0.2) is 59.6 Å². The molecule has 2 aromatic carbocycles. The van der Waals surface area contributed by atoms with Gasteiger partial charge < -0.3 is 15.7 Å². The van der Waals surface area contributed by atoms with Crippen LogP contribution in [0.2, 0.25) is 0 Å². The van der Waals surface area contributed by atoms with Gasteiger partial charge >= 0.3 is 0 Å². The minimum atomic E-state index is -3.31. The van der Waals surface area contributed by atoms with Crippen LogP contribution in [0.5, 0.6) is 0 Å². The van der Waals surface area contributed by atoms with E-state index in [1.54, 1.807) is 24.5 Å².